The fraction of sp³-hybridized carbons (Fsp3) is 0.241. The van der Waals surface area contributed by atoms with Crippen LogP contribution in [0.3, 0.4) is 0 Å². The number of carbonyl (C=O) groups excluding carboxylic acids is 2. The van der Waals surface area contributed by atoms with Gasteiger partial charge in [-0.25, -0.2) is 4.39 Å². The molecule has 4 aromatic rings. The second-order valence-electron chi connectivity index (χ2n) is 9.62. The Labute approximate surface area is 202 Å². The van der Waals surface area contributed by atoms with Crippen molar-refractivity contribution >= 4 is 22.6 Å². The maximum Gasteiger partial charge on any atom is 0.270 e. The molecule has 2 aliphatic heterocycles. The molecule has 176 valence electrons. The molecule has 1 spiro atoms. The Morgan fingerprint density at radius 3 is 2.54 bits per heavy atom. The topological polar surface area (TPSA) is 62.4 Å². The van der Waals surface area contributed by atoms with Gasteiger partial charge < -0.3 is 14.6 Å². The van der Waals surface area contributed by atoms with E-state index in [1.165, 1.54) is 6.07 Å². The number of benzene rings is 3. The van der Waals surface area contributed by atoms with Crippen LogP contribution in [0.4, 0.5) is 4.39 Å². The number of fused-ring (bicyclic) bond motifs is 2. The van der Waals surface area contributed by atoms with E-state index in [1.54, 1.807) is 13.0 Å². The van der Waals surface area contributed by atoms with Crippen LogP contribution in [0.1, 0.15) is 45.7 Å². The molecule has 1 aromatic heterocycles. The lowest BCUT2D eigenvalue weighted by molar-refractivity contribution is -0.00582. The summed E-state index contributed by atoms with van der Waals surface area (Å²) in [6.45, 7) is 2.81. The summed E-state index contributed by atoms with van der Waals surface area (Å²) in [7, 11) is 0. The number of amides is 1. The van der Waals surface area contributed by atoms with Crippen LogP contribution in [-0.2, 0) is 0 Å². The third kappa shape index (κ3) is 3.79. The summed E-state index contributed by atoms with van der Waals surface area (Å²) >= 11 is 0. The van der Waals surface area contributed by atoms with Crippen molar-refractivity contribution in [1.82, 2.24) is 9.88 Å². The molecular weight excluding hydrogens is 443 g/mol. The minimum absolute atomic E-state index is 0.0576. The van der Waals surface area contributed by atoms with Crippen molar-refractivity contribution < 1.29 is 18.7 Å². The number of hydrogen-bond donors (Lipinski definition) is 1. The van der Waals surface area contributed by atoms with Gasteiger partial charge in [-0.05, 0) is 66.1 Å². The molecule has 0 unspecified atom stereocenters. The summed E-state index contributed by atoms with van der Waals surface area (Å²) < 4.78 is 20.0. The number of rotatable bonds is 2. The zero-order valence-corrected chi connectivity index (χ0v) is 19.4. The third-order valence-corrected chi connectivity index (χ3v) is 7.30. The second kappa shape index (κ2) is 8.08. The van der Waals surface area contributed by atoms with Crippen molar-refractivity contribution in [3.63, 3.8) is 0 Å². The van der Waals surface area contributed by atoms with E-state index in [9.17, 15) is 14.0 Å². The summed E-state index contributed by atoms with van der Waals surface area (Å²) in [4.78, 5) is 31.0. The van der Waals surface area contributed by atoms with Crippen LogP contribution in [0.25, 0.3) is 22.0 Å². The first-order valence-electron chi connectivity index (χ1n) is 11.9. The average Bonchev–Trinajstić information content (AvgIpc) is 3.29. The van der Waals surface area contributed by atoms with Gasteiger partial charge in [-0.3, -0.25) is 9.59 Å². The summed E-state index contributed by atoms with van der Waals surface area (Å²) in [5.41, 5.74) is 4.02. The first-order chi connectivity index (χ1) is 16.9. The number of aromatic nitrogens is 1. The number of nitrogens with one attached hydrogen (secondary N) is 1. The van der Waals surface area contributed by atoms with Crippen LogP contribution in [-0.4, -0.2) is 40.3 Å². The molecule has 1 fully saturated rings. The molecule has 5 nitrogen and oxygen atoms in total. The molecular formula is C29H25FN2O3. The number of carbonyl (C=O) groups is 2. The van der Waals surface area contributed by atoms with E-state index in [-0.39, 0.29) is 17.5 Å². The highest BCUT2D eigenvalue weighted by Gasteiger charge is 2.43. The van der Waals surface area contributed by atoms with Crippen LogP contribution < -0.4 is 4.74 Å². The highest BCUT2D eigenvalue weighted by atomic mass is 19.1. The quantitative estimate of drug-likeness (QED) is 0.397. The van der Waals surface area contributed by atoms with Gasteiger partial charge in [0, 0.05) is 36.8 Å². The van der Waals surface area contributed by atoms with Gasteiger partial charge in [-0.1, -0.05) is 24.3 Å². The molecule has 0 radical (unpaired) electrons. The van der Waals surface area contributed by atoms with Crippen molar-refractivity contribution in [3.05, 3.63) is 89.4 Å². The Bertz CT molecular complexity index is 1480. The standard InChI is InChI=1S/C29H25FN2O3/c1-18-14-19(6-8-23(18)30)20-7-9-24-21(15-20)16-25(31-24)28(34)32-12-10-29(11-13-32)17-26(33)22-4-2-3-5-27(22)35-29/h2-9,14-16,31H,10-13,17H2,1H3. The lowest BCUT2D eigenvalue weighted by Gasteiger charge is -2.43. The monoisotopic (exact) mass is 468 g/mol. The molecule has 2 aliphatic rings. The fourth-order valence-corrected chi connectivity index (χ4v) is 5.26. The third-order valence-electron chi connectivity index (χ3n) is 7.30. The van der Waals surface area contributed by atoms with Gasteiger partial charge in [0.25, 0.3) is 5.91 Å². The Balaban J connectivity index is 1.19. The van der Waals surface area contributed by atoms with Gasteiger partial charge in [0.2, 0.25) is 0 Å². The Morgan fingerprint density at radius 1 is 1.00 bits per heavy atom. The highest BCUT2D eigenvalue weighted by molar-refractivity contribution is 6.01. The molecule has 0 aliphatic carbocycles. The maximum absolute atomic E-state index is 13.7. The predicted molar refractivity (Wildman–Crippen MR) is 132 cm³/mol. The highest BCUT2D eigenvalue weighted by Crippen LogP contribution is 2.39. The minimum atomic E-state index is -0.537. The molecule has 1 N–H and O–H groups in total. The van der Waals surface area contributed by atoms with Crippen LogP contribution in [0.15, 0.2) is 66.7 Å². The number of H-pyrrole nitrogens is 1. The average molecular weight is 469 g/mol. The Hall–Kier alpha value is -3.93. The number of piperidine rings is 1. The van der Waals surface area contributed by atoms with Gasteiger partial charge in [0.05, 0.1) is 12.0 Å². The summed E-state index contributed by atoms with van der Waals surface area (Å²) in [6.07, 6.45) is 1.59. The lowest BCUT2D eigenvalue weighted by atomic mass is 9.82. The van der Waals surface area contributed by atoms with Crippen molar-refractivity contribution in [2.24, 2.45) is 0 Å². The van der Waals surface area contributed by atoms with Gasteiger partial charge in [0.15, 0.2) is 5.78 Å². The molecule has 35 heavy (non-hydrogen) atoms. The summed E-state index contributed by atoms with van der Waals surface area (Å²) in [6, 6.07) is 20.3. The normalized spacial score (nSPS) is 16.9. The van der Waals surface area contributed by atoms with Gasteiger partial charge in [-0.15, -0.1) is 0 Å². The number of Topliss-reactive ketones (excluding diaryl/α,β-unsaturated/α-hetero) is 1. The van der Waals surface area contributed by atoms with Crippen molar-refractivity contribution in [2.45, 2.75) is 31.8 Å². The molecule has 1 saturated heterocycles. The molecule has 6 rings (SSSR count). The zero-order valence-electron chi connectivity index (χ0n) is 19.4. The second-order valence-corrected chi connectivity index (χ2v) is 9.62. The number of para-hydroxylation sites is 1. The summed E-state index contributed by atoms with van der Waals surface area (Å²) in [5, 5.41) is 0.930. The lowest BCUT2D eigenvalue weighted by Crippen LogP contribution is -2.52. The number of likely N-dealkylation sites (tertiary alicyclic amines) is 1. The number of nitrogens with zero attached hydrogens (tertiary/aromatic N) is 1. The van der Waals surface area contributed by atoms with E-state index in [1.807, 2.05) is 59.5 Å². The predicted octanol–water partition coefficient (Wildman–Crippen LogP) is 5.92. The van der Waals surface area contributed by atoms with E-state index < -0.39 is 5.60 Å². The molecule has 6 heteroatoms. The van der Waals surface area contributed by atoms with Gasteiger partial charge in [0.1, 0.15) is 22.9 Å². The van der Waals surface area contributed by atoms with Crippen molar-refractivity contribution in [3.8, 4) is 16.9 Å². The zero-order chi connectivity index (χ0) is 24.2. The minimum Gasteiger partial charge on any atom is -0.486 e. The maximum atomic E-state index is 13.7. The van der Waals surface area contributed by atoms with E-state index in [2.05, 4.69) is 4.98 Å². The van der Waals surface area contributed by atoms with Gasteiger partial charge in [-0.2, -0.15) is 0 Å². The Kier molecular flexibility index (Phi) is 4.99. The number of ether oxygens (including phenoxy) is 1. The molecule has 3 heterocycles. The number of halogens is 1. The summed E-state index contributed by atoms with van der Waals surface area (Å²) in [5.74, 6) is 0.471. The molecule has 3 aromatic carbocycles. The molecule has 1 amide bonds. The first-order valence-corrected chi connectivity index (χ1v) is 11.9. The number of aryl methyl sites for hydroxylation is 1. The number of aromatic amines is 1. The SMILES string of the molecule is Cc1cc(-c2ccc3[nH]c(C(=O)N4CCC5(CC4)CC(=O)c4ccccc4O5)cc3c2)ccc1F. The first kappa shape index (κ1) is 21.6. The molecule has 0 saturated carbocycles. The van der Waals surface area contributed by atoms with Gasteiger partial charge >= 0.3 is 0 Å². The number of ketones is 1. The molecule has 0 atom stereocenters. The van der Waals surface area contributed by atoms with E-state index in [0.29, 0.717) is 54.9 Å². The van der Waals surface area contributed by atoms with Crippen LogP contribution in [0, 0.1) is 12.7 Å². The number of hydrogen-bond acceptors (Lipinski definition) is 3. The van der Waals surface area contributed by atoms with Crippen molar-refractivity contribution in [1.29, 1.82) is 0 Å². The van der Waals surface area contributed by atoms with E-state index >= 15 is 0 Å². The van der Waals surface area contributed by atoms with Crippen molar-refractivity contribution in [2.75, 3.05) is 13.1 Å². The van der Waals surface area contributed by atoms with E-state index in [0.717, 1.165) is 22.0 Å². The Morgan fingerprint density at radius 2 is 1.74 bits per heavy atom. The molecule has 0 bridgehead atoms. The largest absolute Gasteiger partial charge is 0.486 e. The van der Waals surface area contributed by atoms with E-state index in [4.69, 9.17) is 4.74 Å². The fourth-order valence-electron chi connectivity index (χ4n) is 5.26. The van der Waals surface area contributed by atoms with Crippen LogP contribution in [0.2, 0.25) is 0 Å². The van der Waals surface area contributed by atoms with Crippen LogP contribution in [0.5, 0.6) is 5.75 Å². The van der Waals surface area contributed by atoms with Crippen LogP contribution >= 0.6 is 0 Å². The smallest absolute Gasteiger partial charge is 0.270 e.